The van der Waals surface area contributed by atoms with Gasteiger partial charge < -0.3 is 14.8 Å². The maximum absolute atomic E-state index is 14.1. The first-order valence-electron chi connectivity index (χ1n) is 14.4. The largest absolute Gasteiger partial charge is 0.465 e. The molecule has 2 aliphatic rings. The second kappa shape index (κ2) is 12.3. The molecule has 1 aromatic carbocycles. The van der Waals surface area contributed by atoms with Crippen molar-refractivity contribution in [3.8, 4) is 0 Å². The molecular weight excluding hydrogens is 592 g/mol. The quantitative estimate of drug-likeness (QED) is 0.211. The molecule has 3 aromatic rings. The summed E-state index contributed by atoms with van der Waals surface area (Å²) in [6, 6.07) is 9.82. The van der Waals surface area contributed by atoms with Crippen LogP contribution in [0.5, 0.6) is 0 Å². The van der Waals surface area contributed by atoms with Crippen LogP contribution in [0.4, 0.5) is 22.4 Å². The second-order valence-electron chi connectivity index (χ2n) is 11.4. The molecule has 1 atom stereocenters. The zero-order valence-electron chi connectivity index (χ0n) is 23.6. The average molecular weight is 625 g/mol. The summed E-state index contributed by atoms with van der Waals surface area (Å²) in [5.41, 5.74) is 0.177. The lowest BCUT2D eigenvalue weighted by Crippen LogP contribution is -2.44. The van der Waals surface area contributed by atoms with Gasteiger partial charge in [-0.05, 0) is 50.2 Å². The van der Waals surface area contributed by atoms with Gasteiger partial charge in [-0.3, -0.25) is 4.79 Å². The molecule has 2 aliphatic carbocycles. The molecule has 0 aliphatic heterocycles. The van der Waals surface area contributed by atoms with Crippen molar-refractivity contribution in [3.63, 3.8) is 0 Å². The van der Waals surface area contributed by atoms with Crippen LogP contribution in [0.2, 0.25) is 5.15 Å². The van der Waals surface area contributed by atoms with E-state index >= 15 is 0 Å². The number of carbonyl (C=O) groups excluding carboxylic acids is 2. The van der Waals surface area contributed by atoms with Crippen molar-refractivity contribution in [3.05, 3.63) is 64.6 Å². The van der Waals surface area contributed by atoms with Gasteiger partial charge in [-0.1, -0.05) is 41.9 Å². The fraction of sp³-hybridized carbons (Fsp3) is 0.533. The smallest absolute Gasteiger partial charge is 0.408 e. The fourth-order valence-corrected chi connectivity index (χ4v) is 6.34. The topological polar surface area (TPSA) is 94.8 Å². The Balaban J connectivity index is 1.46. The van der Waals surface area contributed by atoms with Crippen LogP contribution in [0.15, 0.2) is 42.6 Å². The summed E-state index contributed by atoms with van der Waals surface area (Å²) >= 11 is 6.57. The normalized spacial score (nSPS) is 20.3. The summed E-state index contributed by atoms with van der Waals surface area (Å²) in [4.78, 5) is 30.7. The van der Waals surface area contributed by atoms with Crippen LogP contribution in [0.3, 0.4) is 0 Å². The summed E-state index contributed by atoms with van der Waals surface area (Å²) in [5, 5.41) is 7.10. The summed E-state index contributed by atoms with van der Waals surface area (Å²) in [6.45, 7) is 1.71. The summed E-state index contributed by atoms with van der Waals surface area (Å²) < 4.78 is 68.3. The first-order chi connectivity index (χ1) is 20.4. The maximum atomic E-state index is 14.1. The van der Waals surface area contributed by atoms with Crippen LogP contribution in [0.25, 0.3) is 5.65 Å². The van der Waals surface area contributed by atoms with Gasteiger partial charge in [0.1, 0.15) is 6.61 Å². The van der Waals surface area contributed by atoms with E-state index in [9.17, 15) is 27.2 Å². The number of alkyl halides is 4. The number of hydrogen-bond donors (Lipinski definition) is 1. The molecule has 2 fully saturated rings. The van der Waals surface area contributed by atoms with Gasteiger partial charge in [0.2, 0.25) is 11.8 Å². The highest BCUT2D eigenvalue weighted by molar-refractivity contribution is 6.30. The van der Waals surface area contributed by atoms with Crippen molar-refractivity contribution >= 4 is 29.3 Å². The molecule has 2 saturated carbocycles. The van der Waals surface area contributed by atoms with Crippen molar-refractivity contribution in [2.45, 2.75) is 88.2 Å². The van der Waals surface area contributed by atoms with Crippen LogP contribution in [0, 0.1) is 5.92 Å². The molecule has 1 N–H and O–H groups in total. The van der Waals surface area contributed by atoms with E-state index in [1.54, 1.807) is 19.1 Å². The van der Waals surface area contributed by atoms with Crippen LogP contribution in [-0.4, -0.2) is 45.1 Å². The summed E-state index contributed by atoms with van der Waals surface area (Å²) in [7, 11) is 0. The number of aromatic nitrogens is 3. The van der Waals surface area contributed by atoms with E-state index in [0.717, 1.165) is 5.56 Å². The third kappa shape index (κ3) is 6.89. The molecule has 2 heterocycles. The molecule has 5 rings (SSSR count). The Hall–Kier alpha value is -3.41. The minimum Gasteiger partial charge on any atom is -0.465 e. The minimum atomic E-state index is -2.91. The summed E-state index contributed by atoms with van der Waals surface area (Å²) in [5.74, 6) is -6.72. The average Bonchev–Trinajstić information content (AvgIpc) is 3.38. The zero-order valence-corrected chi connectivity index (χ0v) is 24.4. The lowest BCUT2D eigenvalue weighted by atomic mass is 9.69. The fourth-order valence-electron chi connectivity index (χ4n) is 6.02. The van der Waals surface area contributed by atoms with Crippen molar-refractivity contribution in [2.24, 2.45) is 5.92 Å². The molecule has 0 spiro atoms. The predicted octanol–water partition coefficient (Wildman–Crippen LogP) is 7.19. The Morgan fingerprint density at radius 1 is 1.02 bits per heavy atom. The maximum Gasteiger partial charge on any atom is 0.408 e. The molecule has 0 radical (unpaired) electrons. The number of fused-ring (bicyclic) bond motifs is 1. The monoisotopic (exact) mass is 624 g/mol. The highest BCUT2D eigenvalue weighted by Crippen LogP contribution is 2.48. The number of ether oxygens (including phenoxy) is 2. The molecule has 1 unspecified atom stereocenters. The third-order valence-electron chi connectivity index (χ3n) is 8.48. The number of imidazole rings is 1. The van der Waals surface area contributed by atoms with E-state index in [-0.39, 0.29) is 74.0 Å². The SMILES string of the molecule is CCOC(=O)C1(c2cc3nc(C(NC(=O)OCc4ccccc4)C4CCC(F)(F)CC4)cn3nc2Cl)CCC(F)(F)CC1. The van der Waals surface area contributed by atoms with Gasteiger partial charge in [-0.2, -0.15) is 5.10 Å². The van der Waals surface area contributed by atoms with E-state index in [1.807, 2.05) is 18.2 Å². The number of halogens is 5. The number of rotatable bonds is 8. The first kappa shape index (κ1) is 31.0. The summed E-state index contributed by atoms with van der Waals surface area (Å²) in [6.07, 6.45) is -0.978. The molecule has 232 valence electrons. The predicted molar refractivity (Wildman–Crippen MR) is 149 cm³/mol. The lowest BCUT2D eigenvalue weighted by molar-refractivity contribution is -0.155. The van der Waals surface area contributed by atoms with Gasteiger partial charge in [0.15, 0.2) is 10.8 Å². The zero-order chi connectivity index (χ0) is 30.8. The number of esters is 1. The number of nitrogens with one attached hydrogen (secondary N) is 1. The van der Waals surface area contributed by atoms with Gasteiger partial charge in [-0.15, -0.1) is 0 Å². The molecule has 1 amide bonds. The standard InChI is InChI=1S/C30H33ClF4N4O4/c1-2-42-26(40)28(12-14-30(34,35)15-13-28)21-16-23-36-22(17-39(23)38-25(21)31)24(20-8-10-29(32,33)11-9-20)37-27(41)43-18-19-6-4-3-5-7-19/h3-7,16-17,20,24H,2,8-15,18H2,1H3,(H,37,41). The van der Waals surface area contributed by atoms with Gasteiger partial charge >= 0.3 is 12.1 Å². The number of carbonyl (C=O) groups is 2. The van der Waals surface area contributed by atoms with Gasteiger partial charge in [0.05, 0.1) is 30.0 Å². The first-order valence-corrected chi connectivity index (χ1v) is 14.8. The number of hydrogen-bond acceptors (Lipinski definition) is 6. The van der Waals surface area contributed by atoms with Crippen molar-refractivity contribution in [1.29, 1.82) is 0 Å². The van der Waals surface area contributed by atoms with E-state index < -0.39 is 48.2 Å². The molecule has 0 bridgehead atoms. The van der Waals surface area contributed by atoms with E-state index in [4.69, 9.17) is 21.1 Å². The van der Waals surface area contributed by atoms with Crippen molar-refractivity contribution < 1.29 is 36.6 Å². The minimum absolute atomic E-state index is 0.0167. The van der Waals surface area contributed by atoms with E-state index in [1.165, 1.54) is 16.8 Å². The van der Waals surface area contributed by atoms with E-state index in [0.29, 0.717) is 5.69 Å². The number of alkyl carbamates (subject to hydrolysis) is 1. The van der Waals surface area contributed by atoms with Crippen LogP contribution < -0.4 is 5.32 Å². The van der Waals surface area contributed by atoms with Gasteiger partial charge in [0, 0.05) is 31.2 Å². The molecule has 2 aromatic heterocycles. The van der Waals surface area contributed by atoms with Crippen LogP contribution >= 0.6 is 11.6 Å². The molecule has 13 heteroatoms. The Bertz CT molecular complexity index is 1450. The Labute approximate surface area is 251 Å². The Kier molecular flexibility index (Phi) is 8.87. The highest BCUT2D eigenvalue weighted by atomic mass is 35.5. The molecule has 43 heavy (non-hydrogen) atoms. The third-order valence-corrected chi connectivity index (χ3v) is 8.76. The number of amides is 1. The lowest BCUT2D eigenvalue weighted by Gasteiger charge is -2.38. The van der Waals surface area contributed by atoms with Crippen LogP contribution in [-0.2, 0) is 26.3 Å². The number of nitrogens with zero attached hydrogens (tertiary/aromatic N) is 3. The van der Waals surface area contributed by atoms with Crippen molar-refractivity contribution in [1.82, 2.24) is 19.9 Å². The van der Waals surface area contributed by atoms with E-state index in [2.05, 4.69) is 15.4 Å². The Morgan fingerprint density at radius 3 is 2.33 bits per heavy atom. The second-order valence-corrected chi connectivity index (χ2v) is 11.7. The van der Waals surface area contributed by atoms with Gasteiger partial charge in [-0.25, -0.2) is 31.9 Å². The van der Waals surface area contributed by atoms with Gasteiger partial charge in [0.25, 0.3) is 0 Å². The van der Waals surface area contributed by atoms with Crippen LogP contribution in [0.1, 0.15) is 81.2 Å². The molecular formula is C30H33ClF4N4O4. The van der Waals surface area contributed by atoms with Crippen molar-refractivity contribution in [2.75, 3.05) is 6.61 Å². The molecule has 8 nitrogen and oxygen atoms in total. The Morgan fingerprint density at radius 2 is 1.67 bits per heavy atom. The number of benzene rings is 1. The highest BCUT2D eigenvalue weighted by Gasteiger charge is 2.51. The molecule has 0 saturated heterocycles.